The van der Waals surface area contributed by atoms with E-state index in [1.807, 2.05) is 33.8 Å². The number of ether oxygens (including phenoxy) is 1. The number of rotatable bonds is 4. The van der Waals surface area contributed by atoms with Crippen LogP contribution in [0.1, 0.15) is 51.4 Å². The number of benzene rings is 2. The molecule has 1 aliphatic heterocycles. The molecule has 3 aromatic rings. The first-order chi connectivity index (χ1) is 17.0. The summed E-state index contributed by atoms with van der Waals surface area (Å²) in [7, 11) is 1.60. The fourth-order valence-electron chi connectivity index (χ4n) is 4.92. The highest BCUT2D eigenvalue weighted by atomic mass is 35.5. The first-order valence-corrected chi connectivity index (χ1v) is 12.5. The highest BCUT2D eigenvalue weighted by Gasteiger charge is 2.31. The Labute approximate surface area is 210 Å². The molecule has 1 aromatic heterocycles. The van der Waals surface area contributed by atoms with Crippen LogP contribution in [-0.2, 0) is 12.8 Å². The topological polar surface area (TPSA) is 67.7 Å². The summed E-state index contributed by atoms with van der Waals surface area (Å²) in [5, 5.41) is 5.49. The number of hydrogen-bond acceptors (Lipinski definition) is 4. The summed E-state index contributed by atoms with van der Waals surface area (Å²) in [6, 6.07) is 14.7. The molecule has 182 valence electrons. The average molecular weight is 493 g/mol. The molecule has 5 rings (SSSR count). The van der Waals surface area contributed by atoms with Gasteiger partial charge in [-0.15, -0.1) is 0 Å². The molecule has 1 saturated heterocycles. The molecule has 1 aliphatic carbocycles. The highest BCUT2D eigenvalue weighted by molar-refractivity contribution is 6.30. The lowest BCUT2D eigenvalue weighted by molar-refractivity contribution is 0.0531. The van der Waals surface area contributed by atoms with E-state index in [1.165, 1.54) is 0 Å². The minimum atomic E-state index is -0.0487. The van der Waals surface area contributed by atoms with E-state index >= 15 is 0 Å². The van der Waals surface area contributed by atoms with Crippen molar-refractivity contribution in [2.24, 2.45) is 0 Å². The third-order valence-corrected chi connectivity index (χ3v) is 7.15. The Morgan fingerprint density at radius 3 is 2.11 bits per heavy atom. The van der Waals surface area contributed by atoms with Gasteiger partial charge in [-0.05, 0) is 74.2 Å². The molecule has 2 aliphatic rings. The molecule has 0 radical (unpaired) electrons. The normalized spacial score (nSPS) is 15.9. The molecule has 7 nitrogen and oxygen atoms in total. The number of methoxy groups -OCH3 is 1. The Hall–Kier alpha value is -3.32. The van der Waals surface area contributed by atoms with Gasteiger partial charge in [0.05, 0.1) is 12.8 Å². The van der Waals surface area contributed by atoms with E-state index in [0.29, 0.717) is 48.2 Å². The first-order valence-electron chi connectivity index (χ1n) is 12.1. The van der Waals surface area contributed by atoms with Crippen LogP contribution in [0.15, 0.2) is 48.5 Å². The second-order valence-corrected chi connectivity index (χ2v) is 9.47. The molecule has 35 heavy (non-hydrogen) atoms. The van der Waals surface area contributed by atoms with Crippen LogP contribution in [0.25, 0.3) is 5.69 Å². The van der Waals surface area contributed by atoms with Gasteiger partial charge >= 0.3 is 0 Å². The van der Waals surface area contributed by atoms with Gasteiger partial charge < -0.3 is 14.5 Å². The molecule has 2 heterocycles. The van der Waals surface area contributed by atoms with Gasteiger partial charge in [0, 0.05) is 48.0 Å². The maximum Gasteiger partial charge on any atom is 0.274 e. The number of hydrogen-bond donors (Lipinski definition) is 0. The Bertz CT molecular complexity index is 1210. The lowest BCUT2D eigenvalue weighted by Crippen LogP contribution is -2.50. The minimum absolute atomic E-state index is 0.0272. The van der Waals surface area contributed by atoms with Crippen molar-refractivity contribution in [3.63, 3.8) is 0 Å². The maximum absolute atomic E-state index is 13.6. The van der Waals surface area contributed by atoms with E-state index in [1.54, 1.807) is 36.3 Å². The van der Waals surface area contributed by atoms with Crippen LogP contribution in [0.2, 0.25) is 5.02 Å². The number of nitrogens with zero attached hydrogens (tertiary/aromatic N) is 4. The van der Waals surface area contributed by atoms with Gasteiger partial charge in [0.1, 0.15) is 5.75 Å². The maximum atomic E-state index is 13.6. The zero-order valence-corrected chi connectivity index (χ0v) is 20.6. The monoisotopic (exact) mass is 492 g/mol. The number of piperazine rings is 1. The van der Waals surface area contributed by atoms with Crippen molar-refractivity contribution >= 4 is 23.4 Å². The van der Waals surface area contributed by atoms with Crippen molar-refractivity contribution in [2.45, 2.75) is 32.1 Å². The summed E-state index contributed by atoms with van der Waals surface area (Å²) in [6.07, 6.45) is 5.06. The number of carbonyl (C=O) groups excluding carboxylic acids is 2. The molecular formula is C27H29ClN4O3. The predicted molar refractivity (Wildman–Crippen MR) is 135 cm³/mol. The Morgan fingerprint density at radius 1 is 0.829 bits per heavy atom. The van der Waals surface area contributed by atoms with Crippen molar-refractivity contribution in [2.75, 3.05) is 33.3 Å². The smallest absolute Gasteiger partial charge is 0.274 e. The van der Waals surface area contributed by atoms with E-state index in [4.69, 9.17) is 21.4 Å². The summed E-state index contributed by atoms with van der Waals surface area (Å²) in [5.74, 6) is 0.641. The summed E-state index contributed by atoms with van der Waals surface area (Å²) in [5.41, 5.74) is 4.28. The number of aromatic nitrogens is 2. The molecule has 2 aromatic carbocycles. The van der Waals surface area contributed by atoms with Gasteiger partial charge in [-0.2, -0.15) is 5.10 Å². The molecule has 1 fully saturated rings. The molecule has 0 atom stereocenters. The summed E-state index contributed by atoms with van der Waals surface area (Å²) < 4.78 is 7.10. The Balaban J connectivity index is 1.33. The van der Waals surface area contributed by atoms with Crippen LogP contribution < -0.4 is 4.74 Å². The molecule has 8 heteroatoms. The van der Waals surface area contributed by atoms with E-state index < -0.39 is 0 Å². The zero-order valence-electron chi connectivity index (χ0n) is 19.9. The van der Waals surface area contributed by atoms with Crippen LogP contribution in [0.4, 0.5) is 0 Å². The third kappa shape index (κ3) is 4.78. The van der Waals surface area contributed by atoms with Gasteiger partial charge in [-0.25, -0.2) is 4.68 Å². The van der Waals surface area contributed by atoms with Crippen LogP contribution in [0.3, 0.4) is 0 Å². The molecule has 2 amide bonds. The van der Waals surface area contributed by atoms with Crippen molar-refractivity contribution in [3.8, 4) is 11.4 Å². The largest absolute Gasteiger partial charge is 0.497 e. The van der Waals surface area contributed by atoms with Gasteiger partial charge in [0.25, 0.3) is 11.8 Å². The van der Waals surface area contributed by atoms with Crippen LogP contribution in [0.5, 0.6) is 5.75 Å². The van der Waals surface area contributed by atoms with Gasteiger partial charge in [-0.3, -0.25) is 9.59 Å². The number of amides is 2. The Morgan fingerprint density at radius 2 is 1.46 bits per heavy atom. The number of fused-ring (bicyclic) bond motifs is 1. The summed E-state index contributed by atoms with van der Waals surface area (Å²) in [4.78, 5) is 30.2. The van der Waals surface area contributed by atoms with Gasteiger partial charge in [-0.1, -0.05) is 18.0 Å². The first kappa shape index (κ1) is 23.4. The molecule has 0 bridgehead atoms. The minimum Gasteiger partial charge on any atom is -0.497 e. The Kier molecular flexibility index (Phi) is 6.77. The van der Waals surface area contributed by atoms with E-state index in [2.05, 4.69) is 0 Å². The lowest BCUT2D eigenvalue weighted by atomic mass is 10.1. The van der Waals surface area contributed by atoms with Crippen molar-refractivity contribution in [1.29, 1.82) is 0 Å². The molecule has 0 spiro atoms. The van der Waals surface area contributed by atoms with Crippen molar-refractivity contribution < 1.29 is 14.3 Å². The summed E-state index contributed by atoms with van der Waals surface area (Å²) in [6.45, 7) is 1.97. The zero-order chi connectivity index (χ0) is 24.4. The van der Waals surface area contributed by atoms with Crippen LogP contribution in [0, 0.1) is 0 Å². The molecule has 0 N–H and O–H groups in total. The lowest BCUT2D eigenvalue weighted by Gasteiger charge is -2.34. The van der Waals surface area contributed by atoms with Crippen LogP contribution >= 0.6 is 11.6 Å². The van der Waals surface area contributed by atoms with Crippen molar-refractivity contribution in [3.05, 3.63) is 76.1 Å². The van der Waals surface area contributed by atoms with E-state index in [9.17, 15) is 9.59 Å². The second kappa shape index (κ2) is 10.1. The fraction of sp³-hybridized carbons (Fsp3) is 0.370. The quantitative estimate of drug-likeness (QED) is 0.506. The fourth-order valence-corrected chi connectivity index (χ4v) is 5.05. The predicted octanol–water partition coefficient (Wildman–Crippen LogP) is 4.40. The standard InChI is InChI=1S/C27H29ClN4O3/c1-35-22-13-7-19(8-14-22)26(33)30-15-17-31(18-16-30)27(34)25-23-5-3-2-4-6-24(23)32(29-25)21-11-9-20(28)10-12-21/h7-14H,2-6,15-18H2,1H3. The molecular weight excluding hydrogens is 464 g/mol. The molecule has 0 unspecified atom stereocenters. The second-order valence-electron chi connectivity index (χ2n) is 9.04. The SMILES string of the molecule is COc1ccc(C(=O)N2CCN(C(=O)c3nn(-c4ccc(Cl)cc4)c4c3CCCCC4)CC2)cc1. The van der Waals surface area contributed by atoms with Crippen molar-refractivity contribution in [1.82, 2.24) is 19.6 Å². The van der Waals surface area contributed by atoms with Gasteiger partial charge in [0.2, 0.25) is 0 Å². The highest BCUT2D eigenvalue weighted by Crippen LogP contribution is 2.28. The van der Waals surface area contributed by atoms with Crippen LogP contribution in [-0.4, -0.2) is 64.7 Å². The summed E-state index contributed by atoms with van der Waals surface area (Å²) >= 11 is 6.09. The average Bonchev–Trinajstić information content (AvgIpc) is 3.08. The van der Waals surface area contributed by atoms with Gasteiger partial charge in [0.15, 0.2) is 5.69 Å². The number of carbonyl (C=O) groups is 2. The van der Waals surface area contributed by atoms with E-state index in [-0.39, 0.29) is 11.8 Å². The number of halogens is 1. The van der Waals surface area contributed by atoms with E-state index in [0.717, 1.165) is 49.0 Å². The third-order valence-electron chi connectivity index (χ3n) is 6.90. The molecule has 0 saturated carbocycles.